The fraction of sp³-hybridized carbons (Fsp3) is 0. The number of halogens is 3. The van der Waals surface area contributed by atoms with E-state index in [1.807, 2.05) is 0 Å². The van der Waals surface area contributed by atoms with Crippen LogP contribution in [-0.2, 0) is 9.05 Å². The van der Waals surface area contributed by atoms with Gasteiger partial charge in [-0.1, -0.05) is 0 Å². The van der Waals surface area contributed by atoms with E-state index in [1.54, 1.807) is 0 Å². The summed E-state index contributed by atoms with van der Waals surface area (Å²) in [4.78, 5) is 3.07. The zero-order chi connectivity index (χ0) is 9.35. The Morgan fingerprint density at radius 2 is 2.17 bits per heavy atom. The van der Waals surface area contributed by atoms with Crippen molar-refractivity contribution < 1.29 is 12.8 Å². The fourth-order valence-electron chi connectivity index (χ4n) is 0.537. The Labute approximate surface area is 81.1 Å². The van der Waals surface area contributed by atoms with Gasteiger partial charge >= 0.3 is 0 Å². The highest BCUT2D eigenvalue weighted by Crippen LogP contribution is 2.18. The number of nitrogens with zero attached hydrogens (tertiary/aromatic N) is 1. The van der Waals surface area contributed by atoms with Crippen LogP contribution in [-0.4, -0.2) is 13.4 Å². The summed E-state index contributed by atoms with van der Waals surface area (Å²) >= 11 is 2.77. The second-order valence-electron chi connectivity index (χ2n) is 1.88. The molecule has 1 heterocycles. The Bertz CT molecular complexity index is 408. The Hall–Kier alpha value is -0.200. The van der Waals surface area contributed by atoms with Gasteiger partial charge in [0.1, 0.15) is 9.50 Å². The maximum atomic E-state index is 12.7. The maximum Gasteiger partial charge on any atom is 0.262 e. The van der Waals surface area contributed by atoms with Gasteiger partial charge in [0, 0.05) is 16.9 Å². The van der Waals surface area contributed by atoms with Gasteiger partial charge in [-0.2, -0.15) is 0 Å². The van der Waals surface area contributed by atoms with Crippen molar-refractivity contribution in [2.75, 3.05) is 0 Å². The van der Waals surface area contributed by atoms with E-state index in [-0.39, 0.29) is 9.50 Å². The molecule has 0 aliphatic rings. The Kier molecular flexibility index (Phi) is 2.70. The van der Waals surface area contributed by atoms with Gasteiger partial charge in [-0.15, -0.1) is 0 Å². The minimum atomic E-state index is -3.89. The molecule has 0 saturated carbocycles. The molecule has 1 aromatic rings. The predicted octanol–water partition coefficient (Wildman–Crippen LogP) is 1.91. The highest BCUT2D eigenvalue weighted by Gasteiger charge is 2.12. The molecule has 7 heteroatoms. The third kappa shape index (κ3) is 2.15. The van der Waals surface area contributed by atoms with Gasteiger partial charge < -0.3 is 0 Å². The minimum Gasteiger partial charge on any atom is -0.245 e. The molecule has 66 valence electrons. The summed E-state index contributed by atoms with van der Waals surface area (Å²) < 4.78 is 33.9. The zero-order valence-electron chi connectivity index (χ0n) is 5.46. The fourth-order valence-corrected chi connectivity index (χ4v) is 1.43. The molecule has 0 radical (unpaired) electrons. The van der Waals surface area contributed by atoms with E-state index in [1.165, 1.54) is 0 Å². The molecule has 0 spiro atoms. The smallest absolute Gasteiger partial charge is 0.245 e. The SMILES string of the molecule is O=S(=O)(Cl)c1cnc(Br)c(F)c1. The first-order valence-corrected chi connectivity index (χ1v) is 5.77. The largest absolute Gasteiger partial charge is 0.262 e. The number of aromatic nitrogens is 1. The summed E-state index contributed by atoms with van der Waals surface area (Å²) in [6, 6.07) is 0.791. The first-order chi connectivity index (χ1) is 5.41. The van der Waals surface area contributed by atoms with Crippen molar-refractivity contribution in [3.63, 3.8) is 0 Å². The van der Waals surface area contributed by atoms with Crippen LogP contribution in [0.3, 0.4) is 0 Å². The molecule has 0 saturated heterocycles. The molecule has 0 aliphatic carbocycles. The molecular weight excluding hydrogens is 272 g/mol. The summed E-state index contributed by atoms with van der Waals surface area (Å²) in [5, 5.41) is 0. The van der Waals surface area contributed by atoms with E-state index in [0.29, 0.717) is 0 Å². The molecule has 1 rings (SSSR count). The Morgan fingerprint density at radius 3 is 2.58 bits per heavy atom. The van der Waals surface area contributed by atoms with Crippen molar-refractivity contribution in [1.82, 2.24) is 4.98 Å². The van der Waals surface area contributed by atoms with Crippen LogP contribution in [0.5, 0.6) is 0 Å². The van der Waals surface area contributed by atoms with E-state index in [4.69, 9.17) is 10.7 Å². The minimum absolute atomic E-state index is 0.0495. The Balaban J connectivity index is 3.33. The van der Waals surface area contributed by atoms with Crippen molar-refractivity contribution in [3.8, 4) is 0 Å². The summed E-state index contributed by atoms with van der Waals surface area (Å²) in [5.74, 6) is -0.767. The molecule has 1 aromatic heterocycles. The predicted molar refractivity (Wildman–Crippen MR) is 44.9 cm³/mol. The van der Waals surface area contributed by atoms with Crippen LogP contribution in [0.4, 0.5) is 4.39 Å². The van der Waals surface area contributed by atoms with Crippen LogP contribution < -0.4 is 0 Å². The number of hydrogen-bond donors (Lipinski definition) is 0. The van der Waals surface area contributed by atoms with Gasteiger partial charge in [-0.25, -0.2) is 17.8 Å². The highest BCUT2D eigenvalue weighted by molar-refractivity contribution is 9.10. The molecule has 12 heavy (non-hydrogen) atoms. The molecule has 0 unspecified atom stereocenters. The van der Waals surface area contributed by atoms with Gasteiger partial charge in [0.15, 0.2) is 5.82 Å². The van der Waals surface area contributed by atoms with Gasteiger partial charge in [0.2, 0.25) is 0 Å². The maximum absolute atomic E-state index is 12.7. The lowest BCUT2D eigenvalue weighted by molar-refractivity contribution is 0.594. The van der Waals surface area contributed by atoms with Crippen LogP contribution in [0.1, 0.15) is 0 Å². The van der Waals surface area contributed by atoms with E-state index in [9.17, 15) is 12.8 Å². The molecule has 0 amide bonds. The number of rotatable bonds is 1. The topological polar surface area (TPSA) is 47.0 Å². The molecule has 0 atom stereocenters. The monoisotopic (exact) mass is 273 g/mol. The summed E-state index contributed by atoms with van der Waals surface area (Å²) in [5.41, 5.74) is 0. The van der Waals surface area contributed by atoms with E-state index in [0.717, 1.165) is 12.3 Å². The summed E-state index contributed by atoms with van der Waals surface area (Å²) in [6.45, 7) is 0. The number of hydrogen-bond acceptors (Lipinski definition) is 3. The Morgan fingerprint density at radius 1 is 1.58 bits per heavy atom. The van der Waals surface area contributed by atoms with Crippen LogP contribution in [0.15, 0.2) is 21.8 Å². The van der Waals surface area contributed by atoms with Gasteiger partial charge in [0.05, 0.1) is 0 Å². The first-order valence-electron chi connectivity index (χ1n) is 2.67. The van der Waals surface area contributed by atoms with Crippen LogP contribution in [0.25, 0.3) is 0 Å². The van der Waals surface area contributed by atoms with Crippen LogP contribution in [0.2, 0.25) is 0 Å². The third-order valence-corrected chi connectivity index (χ3v) is 2.96. The van der Waals surface area contributed by atoms with Crippen molar-refractivity contribution in [2.24, 2.45) is 0 Å². The van der Waals surface area contributed by atoms with Gasteiger partial charge in [-0.05, 0) is 22.0 Å². The number of pyridine rings is 1. The van der Waals surface area contributed by atoms with Crippen LogP contribution in [0, 0.1) is 5.82 Å². The standard InChI is InChI=1S/C5H2BrClFNO2S/c6-5-4(8)1-3(2-9-5)12(7,10)11/h1-2H. The van der Waals surface area contributed by atoms with Gasteiger partial charge in [-0.3, -0.25) is 0 Å². The van der Waals surface area contributed by atoms with Crippen molar-refractivity contribution in [2.45, 2.75) is 4.90 Å². The van der Waals surface area contributed by atoms with Crippen molar-refractivity contribution in [1.29, 1.82) is 0 Å². The van der Waals surface area contributed by atoms with Crippen LogP contribution >= 0.6 is 26.6 Å². The molecular formula is C5H2BrClFNO2S. The van der Waals surface area contributed by atoms with Gasteiger partial charge in [0.25, 0.3) is 9.05 Å². The molecule has 3 nitrogen and oxygen atoms in total. The lowest BCUT2D eigenvalue weighted by Gasteiger charge is -1.96. The quantitative estimate of drug-likeness (QED) is 0.580. The zero-order valence-corrected chi connectivity index (χ0v) is 8.62. The molecule has 0 N–H and O–H groups in total. The lowest BCUT2D eigenvalue weighted by atomic mass is 10.5. The second-order valence-corrected chi connectivity index (χ2v) is 5.20. The highest BCUT2D eigenvalue weighted by atomic mass is 79.9. The lowest BCUT2D eigenvalue weighted by Crippen LogP contribution is -1.93. The van der Waals surface area contributed by atoms with E-state index >= 15 is 0 Å². The molecule has 0 bridgehead atoms. The summed E-state index contributed by atoms with van der Waals surface area (Å²) in [6.07, 6.45) is 0.968. The first kappa shape index (κ1) is 9.88. The summed E-state index contributed by atoms with van der Waals surface area (Å²) in [7, 11) is 1.04. The van der Waals surface area contributed by atoms with E-state index < -0.39 is 14.9 Å². The average molecular weight is 274 g/mol. The second kappa shape index (κ2) is 3.27. The van der Waals surface area contributed by atoms with Crippen molar-refractivity contribution in [3.05, 3.63) is 22.7 Å². The van der Waals surface area contributed by atoms with E-state index in [2.05, 4.69) is 20.9 Å². The average Bonchev–Trinajstić information content (AvgIpc) is 1.92. The normalized spacial score (nSPS) is 11.6. The molecule has 0 fully saturated rings. The molecule has 0 aliphatic heterocycles. The van der Waals surface area contributed by atoms with Crippen molar-refractivity contribution >= 4 is 35.7 Å². The third-order valence-electron chi connectivity index (χ3n) is 1.05. The molecule has 0 aromatic carbocycles.